The van der Waals surface area contributed by atoms with Gasteiger partial charge in [-0.15, -0.1) is 0 Å². The topological polar surface area (TPSA) is 268 Å². The van der Waals surface area contributed by atoms with Crippen molar-refractivity contribution in [2.24, 2.45) is 32.9 Å². The summed E-state index contributed by atoms with van der Waals surface area (Å²) >= 11 is 6.72. The Bertz CT molecular complexity index is 1020. The molecular weight excluding hydrogens is 640 g/mol. The Morgan fingerprint density at radius 3 is 1.38 bits per heavy atom. The van der Waals surface area contributed by atoms with Crippen LogP contribution in [0, 0.1) is 0 Å². The Morgan fingerprint density at radius 2 is 1.11 bits per heavy atom. The number of anilines is 2. The lowest BCUT2D eigenvalue weighted by Gasteiger charge is -2.11. The van der Waals surface area contributed by atoms with Crippen LogP contribution in [0.25, 0.3) is 0 Å². The van der Waals surface area contributed by atoms with Crippen LogP contribution in [0.4, 0.5) is 11.4 Å². The predicted molar refractivity (Wildman–Crippen MR) is 153 cm³/mol. The first kappa shape index (κ1) is 34.3. The number of benzene rings is 2. The van der Waals surface area contributed by atoms with Crippen LogP contribution < -0.4 is 33.6 Å². The van der Waals surface area contributed by atoms with Gasteiger partial charge in [-0.2, -0.15) is 8.42 Å². The zero-order valence-electron chi connectivity index (χ0n) is 19.6. The van der Waals surface area contributed by atoms with Gasteiger partial charge in [0.05, 0.1) is 25.3 Å². The van der Waals surface area contributed by atoms with E-state index in [1.807, 2.05) is 48.5 Å². The molecule has 0 saturated heterocycles. The van der Waals surface area contributed by atoms with E-state index in [9.17, 15) is 10.2 Å². The van der Waals surface area contributed by atoms with Crippen LogP contribution in [0.15, 0.2) is 67.5 Å². The van der Waals surface area contributed by atoms with E-state index in [0.717, 1.165) is 20.3 Å². The highest BCUT2D eigenvalue weighted by molar-refractivity contribution is 9.10. The molecule has 0 saturated carbocycles. The summed E-state index contributed by atoms with van der Waals surface area (Å²) in [5.74, 6) is -0.0250. The molecule has 17 heteroatoms. The SMILES string of the molecule is NC(N)=NCC(O)CNc1cccc(Br)c1.NC(N)=NCC(O)CNc1cccc(Br)c1.O=S(=O)(O)O. The second-order valence-corrected chi connectivity index (χ2v) is 9.80. The minimum absolute atomic E-state index is 0.0125. The summed E-state index contributed by atoms with van der Waals surface area (Å²) in [6, 6.07) is 15.4. The fraction of sp³-hybridized carbons (Fsp3) is 0.300. The van der Waals surface area contributed by atoms with Gasteiger partial charge in [0.1, 0.15) is 0 Å². The number of guanidine groups is 2. The first-order chi connectivity index (χ1) is 17.2. The molecule has 14 N–H and O–H groups in total. The minimum atomic E-state index is -4.67. The van der Waals surface area contributed by atoms with E-state index in [-0.39, 0.29) is 25.0 Å². The van der Waals surface area contributed by atoms with Crippen LogP contribution in [0.1, 0.15) is 0 Å². The number of aliphatic hydroxyl groups is 2. The average Bonchev–Trinajstić information content (AvgIpc) is 2.78. The molecule has 0 radical (unpaired) electrons. The molecule has 0 spiro atoms. The molecule has 0 aliphatic rings. The first-order valence-corrected chi connectivity index (χ1v) is 13.3. The van der Waals surface area contributed by atoms with Gasteiger partial charge in [-0.05, 0) is 36.4 Å². The van der Waals surface area contributed by atoms with Gasteiger partial charge >= 0.3 is 10.4 Å². The van der Waals surface area contributed by atoms with Gasteiger partial charge in [0.25, 0.3) is 0 Å². The molecule has 0 aromatic heterocycles. The standard InChI is InChI=1S/2C10H15BrN4O.H2O4S/c2*11-7-2-1-3-8(4-7)14-5-9(16)6-15-10(12)13;1-5(2,3)4/h2*1-4,9,14,16H,5-6H2,(H4,12,13,15);(H2,1,2,3,4). The minimum Gasteiger partial charge on any atom is -0.389 e. The second kappa shape index (κ2) is 18.6. The molecule has 0 fully saturated rings. The number of nitrogens with zero attached hydrogens (tertiary/aromatic N) is 2. The van der Waals surface area contributed by atoms with Crippen LogP contribution >= 0.6 is 31.9 Å². The Balaban J connectivity index is 0.000000594. The quantitative estimate of drug-likeness (QED) is 0.0930. The monoisotopic (exact) mass is 670 g/mol. The van der Waals surface area contributed by atoms with Gasteiger partial charge in [0.2, 0.25) is 0 Å². The number of aliphatic imine (C=N–C) groups is 2. The van der Waals surface area contributed by atoms with E-state index in [1.54, 1.807) is 0 Å². The largest absolute Gasteiger partial charge is 0.394 e. The summed E-state index contributed by atoms with van der Waals surface area (Å²) in [7, 11) is -4.67. The van der Waals surface area contributed by atoms with Gasteiger partial charge < -0.3 is 43.8 Å². The lowest BCUT2D eigenvalue weighted by atomic mass is 10.3. The Hall–Kier alpha value is -2.67. The number of halogens is 2. The van der Waals surface area contributed by atoms with E-state index in [4.69, 9.17) is 40.5 Å². The number of hydrogen-bond donors (Lipinski definition) is 10. The maximum Gasteiger partial charge on any atom is 0.394 e. The lowest BCUT2D eigenvalue weighted by molar-refractivity contribution is 0.196. The van der Waals surface area contributed by atoms with Crippen molar-refractivity contribution in [1.82, 2.24) is 0 Å². The summed E-state index contributed by atoms with van der Waals surface area (Å²) in [6.45, 7) is 1.19. The van der Waals surface area contributed by atoms with Gasteiger partial charge in [0, 0.05) is 33.4 Å². The maximum absolute atomic E-state index is 9.54. The lowest BCUT2D eigenvalue weighted by Crippen LogP contribution is -2.28. The molecule has 0 bridgehead atoms. The number of nitrogens with two attached hydrogens (primary N) is 4. The van der Waals surface area contributed by atoms with Crippen molar-refractivity contribution in [1.29, 1.82) is 0 Å². The molecule has 2 rings (SSSR count). The fourth-order valence-corrected chi connectivity index (χ4v) is 3.02. The summed E-state index contributed by atoms with van der Waals surface area (Å²) in [4.78, 5) is 7.45. The molecule has 2 aromatic rings. The van der Waals surface area contributed by atoms with Gasteiger partial charge in [0.15, 0.2) is 11.9 Å². The van der Waals surface area contributed by atoms with Crippen molar-refractivity contribution in [3.05, 3.63) is 57.5 Å². The molecule has 2 unspecified atom stereocenters. The van der Waals surface area contributed by atoms with Crippen LogP contribution in [-0.4, -0.2) is 78.0 Å². The molecule has 208 valence electrons. The molecule has 0 heterocycles. The second-order valence-electron chi connectivity index (χ2n) is 7.07. The van der Waals surface area contributed by atoms with E-state index in [2.05, 4.69) is 52.5 Å². The zero-order valence-corrected chi connectivity index (χ0v) is 23.6. The number of aliphatic hydroxyl groups excluding tert-OH is 2. The van der Waals surface area contributed by atoms with E-state index in [0.29, 0.717) is 13.1 Å². The highest BCUT2D eigenvalue weighted by Crippen LogP contribution is 2.16. The zero-order chi connectivity index (χ0) is 28.4. The van der Waals surface area contributed by atoms with Crippen molar-refractivity contribution >= 4 is 65.6 Å². The van der Waals surface area contributed by atoms with E-state index >= 15 is 0 Å². The average molecular weight is 672 g/mol. The molecule has 2 atom stereocenters. The molecule has 0 aliphatic carbocycles. The van der Waals surface area contributed by atoms with Gasteiger partial charge in [-0.3, -0.25) is 19.1 Å². The van der Waals surface area contributed by atoms with Crippen LogP contribution in [0.3, 0.4) is 0 Å². The summed E-state index contributed by atoms with van der Waals surface area (Å²) in [6.07, 6.45) is -1.22. The molecule has 2 aromatic carbocycles. The summed E-state index contributed by atoms with van der Waals surface area (Å²) in [5.41, 5.74) is 22.5. The highest BCUT2D eigenvalue weighted by atomic mass is 79.9. The third kappa shape index (κ3) is 23.5. The van der Waals surface area contributed by atoms with Crippen molar-refractivity contribution in [3.63, 3.8) is 0 Å². The summed E-state index contributed by atoms with van der Waals surface area (Å²) < 4.78 is 33.5. The molecule has 14 nitrogen and oxygen atoms in total. The maximum atomic E-state index is 9.54. The number of hydrogen-bond acceptors (Lipinski definition) is 8. The van der Waals surface area contributed by atoms with Crippen LogP contribution in [-0.2, 0) is 10.4 Å². The number of nitrogens with one attached hydrogen (secondary N) is 2. The Kier molecular flexibility index (Phi) is 17.2. The number of rotatable bonds is 10. The summed E-state index contributed by atoms with van der Waals surface area (Å²) in [5, 5.41) is 25.2. The smallest absolute Gasteiger partial charge is 0.389 e. The van der Waals surface area contributed by atoms with Crippen LogP contribution in [0.2, 0.25) is 0 Å². The third-order valence-electron chi connectivity index (χ3n) is 3.70. The molecule has 37 heavy (non-hydrogen) atoms. The van der Waals surface area contributed by atoms with E-state index < -0.39 is 22.6 Å². The predicted octanol–water partition coefficient (Wildman–Crippen LogP) is 0.338. The van der Waals surface area contributed by atoms with Crippen molar-refractivity contribution < 1.29 is 27.7 Å². The normalized spacial score (nSPS) is 11.8. The molecular formula is C20H32Br2N8O6S. The van der Waals surface area contributed by atoms with Gasteiger partial charge in [-0.25, -0.2) is 0 Å². The molecule has 0 amide bonds. The molecule has 0 aliphatic heterocycles. The first-order valence-electron chi connectivity index (χ1n) is 10.3. The van der Waals surface area contributed by atoms with Gasteiger partial charge in [-0.1, -0.05) is 44.0 Å². The van der Waals surface area contributed by atoms with Crippen molar-refractivity contribution in [2.75, 3.05) is 36.8 Å². The van der Waals surface area contributed by atoms with Crippen LogP contribution in [0.5, 0.6) is 0 Å². The van der Waals surface area contributed by atoms with Crippen molar-refractivity contribution in [2.45, 2.75) is 12.2 Å². The van der Waals surface area contributed by atoms with Crippen molar-refractivity contribution in [3.8, 4) is 0 Å². The Morgan fingerprint density at radius 1 is 0.784 bits per heavy atom. The highest BCUT2D eigenvalue weighted by Gasteiger charge is 2.04. The third-order valence-corrected chi connectivity index (χ3v) is 4.69. The van der Waals surface area contributed by atoms with E-state index in [1.165, 1.54) is 0 Å². The fourth-order valence-electron chi connectivity index (χ4n) is 2.22. The Labute approximate surface area is 232 Å².